The van der Waals surface area contributed by atoms with E-state index in [1.54, 1.807) is 0 Å². The lowest BCUT2D eigenvalue weighted by Gasteiger charge is -2.15. The van der Waals surface area contributed by atoms with Crippen molar-refractivity contribution in [1.29, 1.82) is 0 Å². The van der Waals surface area contributed by atoms with Gasteiger partial charge in [0.2, 0.25) is 0 Å². The normalized spacial score (nSPS) is 18.8. The summed E-state index contributed by atoms with van der Waals surface area (Å²) in [6.45, 7) is 0. The van der Waals surface area contributed by atoms with Crippen LogP contribution in [-0.2, 0) is 6.42 Å². The van der Waals surface area contributed by atoms with Crippen molar-refractivity contribution in [3.05, 3.63) is 54.1 Å². The molecule has 0 amide bonds. The van der Waals surface area contributed by atoms with E-state index in [1.807, 2.05) is 41.5 Å². The molecule has 0 aromatic carbocycles. The highest BCUT2D eigenvalue weighted by Crippen LogP contribution is 2.29. The topological polar surface area (TPSA) is 29.9 Å². The molecule has 3 rings (SSSR count). The van der Waals surface area contributed by atoms with Crippen LogP contribution in [0.15, 0.2) is 42.9 Å². The SMILES string of the molecule is c1cnc2c(c1)CCC2Nn1cccc1. The second kappa shape index (κ2) is 3.42. The molecule has 2 aromatic heterocycles. The van der Waals surface area contributed by atoms with Gasteiger partial charge >= 0.3 is 0 Å². The quantitative estimate of drug-likeness (QED) is 0.802. The zero-order valence-corrected chi connectivity index (χ0v) is 8.43. The first kappa shape index (κ1) is 8.53. The molecule has 3 nitrogen and oxygen atoms in total. The molecule has 76 valence electrons. The van der Waals surface area contributed by atoms with Crippen LogP contribution >= 0.6 is 0 Å². The van der Waals surface area contributed by atoms with Crippen molar-refractivity contribution in [2.24, 2.45) is 0 Å². The summed E-state index contributed by atoms with van der Waals surface area (Å²) in [7, 11) is 0. The maximum Gasteiger partial charge on any atom is 0.0850 e. The number of hydrogen-bond donors (Lipinski definition) is 1. The lowest BCUT2D eigenvalue weighted by atomic mass is 10.2. The molecule has 3 heteroatoms. The van der Waals surface area contributed by atoms with Gasteiger partial charge in [-0.1, -0.05) is 6.07 Å². The Bertz CT molecular complexity index is 448. The summed E-state index contributed by atoms with van der Waals surface area (Å²) in [5.74, 6) is 0. The van der Waals surface area contributed by atoms with Crippen molar-refractivity contribution < 1.29 is 0 Å². The third-order valence-corrected chi connectivity index (χ3v) is 2.87. The Morgan fingerprint density at radius 2 is 2.13 bits per heavy atom. The standard InChI is InChI=1S/C12H13N3/c1-2-9-15(8-1)14-11-6-5-10-4-3-7-13-12(10)11/h1-4,7-9,11,14H,5-6H2. The van der Waals surface area contributed by atoms with Crippen LogP contribution in [0.3, 0.4) is 0 Å². The molecule has 2 aromatic rings. The molecular weight excluding hydrogens is 186 g/mol. The summed E-state index contributed by atoms with van der Waals surface area (Å²) in [5, 5.41) is 0. The largest absolute Gasteiger partial charge is 0.317 e. The molecule has 15 heavy (non-hydrogen) atoms. The van der Waals surface area contributed by atoms with E-state index in [-0.39, 0.29) is 0 Å². The summed E-state index contributed by atoms with van der Waals surface area (Å²) in [4.78, 5) is 4.45. The monoisotopic (exact) mass is 199 g/mol. The molecule has 0 radical (unpaired) electrons. The van der Waals surface area contributed by atoms with Gasteiger partial charge in [0.15, 0.2) is 0 Å². The predicted octanol–water partition coefficient (Wildman–Crippen LogP) is 2.11. The van der Waals surface area contributed by atoms with E-state index >= 15 is 0 Å². The Morgan fingerprint density at radius 3 is 3.00 bits per heavy atom. The highest BCUT2D eigenvalue weighted by Gasteiger charge is 2.22. The number of nitrogens with zero attached hydrogens (tertiary/aromatic N) is 2. The molecule has 1 unspecified atom stereocenters. The minimum Gasteiger partial charge on any atom is -0.317 e. The zero-order valence-electron chi connectivity index (χ0n) is 8.43. The number of fused-ring (bicyclic) bond motifs is 1. The Morgan fingerprint density at radius 1 is 1.27 bits per heavy atom. The molecule has 2 heterocycles. The fourth-order valence-corrected chi connectivity index (χ4v) is 2.14. The zero-order chi connectivity index (χ0) is 10.1. The van der Waals surface area contributed by atoms with Crippen LogP contribution in [0.4, 0.5) is 0 Å². The van der Waals surface area contributed by atoms with Crippen molar-refractivity contribution in [3.63, 3.8) is 0 Å². The van der Waals surface area contributed by atoms with Gasteiger partial charge in [0.05, 0.1) is 11.7 Å². The van der Waals surface area contributed by atoms with Crippen LogP contribution in [0.1, 0.15) is 23.7 Å². The Hall–Kier alpha value is -1.77. The summed E-state index contributed by atoms with van der Waals surface area (Å²) < 4.78 is 1.99. The van der Waals surface area contributed by atoms with Crippen LogP contribution in [0, 0.1) is 0 Å². The fraction of sp³-hybridized carbons (Fsp3) is 0.250. The Balaban J connectivity index is 1.85. The lowest BCUT2D eigenvalue weighted by molar-refractivity contribution is 0.654. The van der Waals surface area contributed by atoms with Gasteiger partial charge in [0.25, 0.3) is 0 Å². The van der Waals surface area contributed by atoms with Gasteiger partial charge < -0.3 is 5.43 Å². The summed E-state index contributed by atoms with van der Waals surface area (Å²) >= 11 is 0. The van der Waals surface area contributed by atoms with Gasteiger partial charge in [0.1, 0.15) is 0 Å². The summed E-state index contributed by atoms with van der Waals surface area (Å²) in [6, 6.07) is 8.56. The van der Waals surface area contributed by atoms with Crippen LogP contribution < -0.4 is 5.43 Å². The van der Waals surface area contributed by atoms with Crippen molar-refractivity contribution >= 4 is 0 Å². The maximum atomic E-state index is 4.45. The van der Waals surface area contributed by atoms with Crippen LogP contribution in [0.25, 0.3) is 0 Å². The number of aryl methyl sites for hydroxylation is 1. The first-order chi connectivity index (χ1) is 7.43. The Kier molecular flexibility index (Phi) is 1.95. The van der Waals surface area contributed by atoms with Gasteiger partial charge in [-0.3, -0.25) is 9.66 Å². The number of hydrogen-bond acceptors (Lipinski definition) is 2. The van der Waals surface area contributed by atoms with Crippen LogP contribution in [0.5, 0.6) is 0 Å². The average Bonchev–Trinajstić information content (AvgIpc) is 2.89. The first-order valence-corrected chi connectivity index (χ1v) is 5.27. The molecule has 0 fully saturated rings. The highest BCUT2D eigenvalue weighted by molar-refractivity contribution is 5.29. The van der Waals surface area contributed by atoms with Crippen molar-refractivity contribution in [3.8, 4) is 0 Å². The molecule has 1 atom stereocenters. The van der Waals surface area contributed by atoms with E-state index in [9.17, 15) is 0 Å². The van der Waals surface area contributed by atoms with E-state index in [2.05, 4.69) is 16.5 Å². The van der Waals surface area contributed by atoms with Crippen LogP contribution in [0.2, 0.25) is 0 Å². The molecule has 0 saturated heterocycles. The van der Waals surface area contributed by atoms with Crippen LogP contribution in [-0.4, -0.2) is 9.66 Å². The number of aromatic nitrogens is 2. The van der Waals surface area contributed by atoms with Crippen molar-refractivity contribution in [1.82, 2.24) is 9.66 Å². The summed E-state index contributed by atoms with van der Waals surface area (Å²) in [6.07, 6.45) is 8.16. The molecule has 0 spiro atoms. The predicted molar refractivity (Wildman–Crippen MR) is 59.1 cm³/mol. The van der Waals surface area contributed by atoms with E-state index in [0.717, 1.165) is 12.8 Å². The molecular formula is C12H13N3. The third-order valence-electron chi connectivity index (χ3n) is 2.87. The van der Waals surface area contributed by atoms with Gasteiger partial charge in [-0.05, 0) is 36.6 Å². The molecule has 0 saturated carbocycles. The minimum absolute atomic E-state index is 0.355. The maximum absolute atomic E-state index is 4.45. The first-order valence-electron chi connectivity index (χ1n) is 5.27. The number of pyridine rings is 1. The lowest BCUT2D eigenvalue weighted by Crippen LogP contribution is -2.18. The average molecular weight is 199 g/mol. The molecule has 0 aliphatic heterocycles. The third kappa shape index (κ3) is 1.50. The van der Waals surface area contributed by atoms with Gasteiger partial charge in [0, 0.05) is 18.6 Å². The summed E-state index contributed by atoms with van der Waals surface area (Å²) in [5.41, 5.74) is 6.01. The van der Waals surface area contributed by atoms with E-state index in [4.69, 9.17) is 0 Å². The van der Waals surface area contributed by atoms with Crippen molar-refractivity contribution in [2.45, 2.75) is 18.9 Å². The molecule has 1 aliphatic carbocycles. The second-order valence-corrected chi connectivity index (χ2v) is 3.86. The molecule has 1 N–H and O–H groups in total. The fourth-order valence-electron chi connectivity index (χ4n) is 2.14. The van der Waals surface area contributed by atoms with Crippen molar-refractivity contribution in [2.75, 3.05) is 5.43 Å². The van der Waals surface area contributed by atoms with Gasteiger partial charge in [-0.15, -0.1) is 0 Å². The Labute approximate surface area is 88.7 Å². The second-order valence-electron chi connectivity index (χ2n) is 3.86. The molecule has 1 aliphatic rings. The smallest absolute Gasteiger partial charge is 0.0850 e. The molecule has 0 bridgehead atoms. The minimum atomic E-state index is 0.355. The highest BCUT2D eigenvalue weighted by atomic mass is 15.4. The van der Waals surface area contributed by atoms with Gasteiger partial charge in [-0.2, -0.15) is 0 Å². The number of nitrogens with one attached hydrogen (secondary N) is 1. The number of rotatable bonds is 2. The van der Waals surface area contributed by atoms with Gasteiger partial charge in [-0.25, -0.2) is 0 Å². The van der Waals surface area contributed by atoms with E-state index in [0.29, 0.717) is 6.04 Å². The van der Waals surface area contributed by atoms with E-state index in [1.165, 1.54) is 11.3 Å². The van der Waals surface area contributed by atoms with E-state index < -0.39 is 0 Å².